The lowest BCUT2D eigenvalue weighted by Crippen LogP contribution is -2.38. The Kier molecular flexibility index (Phi) is 10.8. The van der Waals surface area contributed by atoms with Crippen LogP contribution in [0.25, 0.3) is 0 Å². The van der Waals surface area contributed by atoms with Crippen LogP contribution in [-0.2, 0) is 0 Å². The molecule has 0 aliphatic rings. The molecule has 0 aromatic heterocycles. The molecule has 3 nitrogen and oxygen atoms in total. The van der Waals surface area contributed by atoms with E-state index in [9.17, 15) is 0 Å². The first-order chi connectivity index (χ1) is 8.28. The van der Waals surface area contributed by atoms with Crippen molar-refractivity contribution >= 4 is 5.96 Å². The Morgan fingerprint density at radius 1 is 1.18 bits per heavy atom. The maximum absolute atomic E-state index is 4.62. The zero-order chi connectivity index (χ0) is 12.9. The van der Waals surface area contributed by atoms with E-state index in [0.29, 0.717) is 5.92 Å². The van der Waals surface area contributed by atoms with Gasteiger partial charge in [0.25, 0.3) is 0 Å². The molecule has 0 saturated carbocycles. The molecule has 0 aromatic carbocycles. The topological polar surface area (TPSA) is 36.4 Å². The molecule has 2 N–H and O–H groups in total. The molecular weight excluding hydrogens is 210 g/mol. The normalized spacial score (nSPS) is 12.4. The third-order valence-corrected chi connectivity index (χ3v) is 2.85. The number of guanidine groups is 1. The van der Waals surface area contributed by atoms with Crippen molar-refractivity contribution in [2.75, 3.05) is 19.6 Å². The summed E-state index contributed by atoms with van der Waals surface area (Å²) < 4.78 is 0. The number of allylic oxidation sites excluding steroid dienone is 1. The zero-order valence-corrected chi connectivity index (χ0v) is 11.9. The van der Waals surface area contributed by atoms with E-state index in [-0.39, 0.29) is 0 Å². The summed E-state index contributed by atoms with van der Waals surface area (Å²) >= 11 is 0. The van der Waals surface area contributed by atoms with Gasteiger partial charge in [0.05, 0.1) is 0 Å². The molecule has 100 valence electrons. The third kappa shape index (κ3) is 8.78. The summed E-state index contributed by atoms with van der Waals surface area (Å²) in [5.74, 6) is 1.66. The van der Waals surface area contributed by atoms with Crippen molar-refractivity contribution in [2.24, 2.45) is 10.9 Å². The van der Waals surface area contributed by atoms with Gasteiger partial charge in [0.2, 0.25) is 0 Å². The molecule has 17 heavy (non-hydrogen) atoms. The van der Waals surface area contributed by atoms with Crippen LogP contribution >= 0.6 is 0 Å². The van der Waals surface area contributed by atoms with Gasteiger partial charge in [0.15, 0.2) is 5.96 Å². The number of hydrogen-bond acceptors (Lipinski definition) is 1. The highest BCUT2D eigenvalue weighted by Crippen LogP contribution is 2.06. The van der Waals surface area contributed by atoms with Gasteiger partial charge in [-0.3, -0.25) is 4.99 Å². The summed E-state index contributed by atoms with van der Waals surface area (Å²) in [6.07, 6.45) is 7.70. The molecule has 0 radical (unpaired) electrons. The van der Waals surface area contributed by atoms with E-state index in [1.54, 1.807) is 0 Å². The maximum Gasteiger partial charge on any atom is 0.191 e. The minimum atomic E-state index is 0.709. The SMILES string of the molecule is C/C=C/CCNC(=NCC(CC)CC)NCC. The van der Waals surface area contributed by atoms with Gasteiger partial charge in [-0.1, -0.05) is 38.8 Å². The molecule has 0 atom stereocenters. The molecule has 0 rings (SSSR count). The van der Waals surface area contributed by atoms with E-state index < -0.39 is 0 Å². The second-order valence-corrected chi connectivity index (χ2v) is 4.19. The number of hydrogen-bond donors (Lipinski definition) is 2. The molecule has 0 unspecified atom stereocenters. The van der Waals surface area contributed by atoms with Crippen LogP contribution in [0.5, 0.6) is 0 Å². The number of nitrogens with one attached hydrogen (secondary N) is 2. The molecule has 0 spiro atoms. The van der Waals surface area contributed by atoms with Crippen molar-refractivity contribution in [3.8, 4) is 0 Å². The maximum atomic E-state index is 4.62. The van der Waals surface area contributed by atoms with E-state index in [2.05, 4.69) is 48.5 Å². The number of aliphatic imine (C=N–C) groups is 1. The molecular formula is C14H29N3. The monoisotopic (exact) mass is 239 g/mol. The Balaban J connectivity index is 4.05. The lowest BCUT2D eigenvalue weighted by molar-refractivity contribution is 0.504. The average molecular weight is 239 g/mol. The van der Waals surface area contributed by atoms with Gasteiger partial charge >= 0.3 is 0 Å². The van der Waals surface area contributed by atoms with Crippen molar-refractivity contribution in [1.82, 2.24) is 10.6 Å². The van der Waals surface area contributed by atoms with Gasteiger partial charge in [-0.2, -0.15) is 0 Å². The van der Waals surface area contributed by atoms with E-state index >= 15 is 0 Å². The van der Waals surface area contributed by atoms with Gasteiger partial charge in [-0.15, -0.1) is 0 Å². The molecule has 0 aromatic rings. The summed E-state index contributed by atoms with van der Waals surface area (Å²) in [5.41, 5.74) is 0. The van der Waals surface area contributed by atoms with Gasteiger partial charge in [-0.25, -0.2) is 0 Å². The fourth-order valence-corrected chi connectivity index (χ4v) is 1.55. The molecule has 0 bridgehead atoms. The van der Waals surface area contributed by atoms with Gasteiger partial charge in [0, 0.05) is 19.6 Å². The second kappa shape index (κ2) is 11.5. The van der Waals surface area contributed by atoms with E-state index in [4.69, 9.17) is 0 Å². The molecule has 0 saturated heterocycles. The van der Waals surface area contributed by atoms with Crippen LogP contribution in [0.3, 0.4) is 0 Å². The highest BCUT2D eigenvalue weighted by atomic mass is 15.2. The molecule has 0 fully saturated rings. The van der Waals surface area contributed by atoms with Gasteiger partial charge < -0.3 is 10.6 Å². The summed E-state index contributed by atoms with van der Waals surface area (Å²) in [6.45, 7) is 11.4. The van der Waals surface area contributed by atoms with Crippen LogP contribution in [0.1, 0.15) is 47.0 Å². The lowest BCUT2D eigenvalue weighted by atomic mass is 10.0. The smallest absolute Gasteiger partial charge is 0.191 e. The third-order valence-electron chi connectivity index (χ3n) is 2.85. The fourth-order valence-electron chi connectivity index (χ4n) is 1.55. The first-order valence-corrected chi connectivity index (χ1v) is 6.91. The minimum Gasteiger partial charge on any atom is -0.357 e. The predicted molar refractivity (Wildman–Crippen MR) is 77.5 cm³/mol. The van der Waals surface area contributed by atoms with Crippen LogP contribution in [-0.4, -0.2) is 25.6 Å². The van der Waals surface area contributed by atoms with E-state index in [1.165, 1.54) is 12.8 Å². The zero-order valence-electron chi connectivity index (χ0n) is 11.9. The van der Waals surface area contributed by atoms with Crippen LogP contribution in [0.2, 0.25) is 0 Å². The first kappa shape index (κ1) is 16.0. The molecule has 0 aliphatic carbocycles. The van der Waals surface area contributed by atoms with Crippen LogP contribution < -0.4 is 10.6 Å². The molecule has 0 aliphatic heterocycles. The summed E-state index contributed by atoms with van der Waals surface area (Å²) in [6, 6.07) is 0. The van der Waals surface area contributed by atoms with Gasteiger partial charge in [0.1, 0.15) is 0 Å². The van der Waals surface area contributed by atoms with Crippen LogP contribution in [0, 0.1) is 5.92 Å². The van der Waals surface area contributed by atoms with Crippen molar-refractivity contribution in [3.63, 3.8) is 0 Å². The Morgan fingerprint density at radius 2 is 1.88 bits per heavy atom. The van der Waals surface area contributed by atoms with Crippen LogP contribution in [0.15, 0.2) is 17.1 Å². The number of rotatable bonds is 8. The van der Waals surface area contributed by atoms with E-state index in [0.717, 1.165) is 32.0 Å². The highest BCUT2D eigenvalue weighted by molar-refractivity contribution is 5.79. The summed E-state index contributed by atoms with van der Waals surface area (Å²) in [4.78, 5) is 4.62. The minimum absolute atomic E-state index is 0.709. The Labute approximate surface area is 107 Å². The molecule has 0 amide bonds. The molecule has 3 heteroatoms. The highest BCUT2D eigenvalue weighted by Gasteiger charge is 2.02. The van der Waals surface area contributed by atoms with Crippen molar-refractivity contribution in [3.05, 3.63) is 12.2 Å². The molecule has 0 heterocycles. The standard InChI is InChI=1S/C14H29N3/c1-5-9-10-11-16-14(15-8-4)17-12-13(6-2)7-3/h5,9,13H,6-8,10-12H2,1-4H3,(H2,15,16,17)/b9-5+. The predicted octanol–water partition coefficient (Wildman–Crippen LogP) is 2.94. The Hall–Kier alpha value is -0.990. The van der Waals surface area contributed by atoms with Crippen LogP contribution in [0.4, 0.5) is 0 Å². The largest absolute Gasteiger partial charge is 0.357 e. The average Bonchev–Trinajstić information content (AvgIpc) is 2.35. The Morgan fingerprint density at radius 3 is 2.41 bits per heavy atom. The van der Waals surface area contributed by atoms with Crippen molar-refractivity contribution < 1.29 is 0 Å². The summed E-state index contributed by atoms with van der Waals surface area (Å²) in [7, 11) is 0. The fraction of sp³-hybridized carbons (Fsp3) is 0.786. The van der Waals surface area contributed by atoms with Crippen molar-refractivity contribution in [1.29, 1.82) is 0 Å². The Bertz CT molecular complexity index is 218. The quantitative estimate of drug-likeness (QED) is 0.296. The summed E-state index contributed by atoms with van der Waals surface area (Å²) in [5, 5.41) is 6.62. The number of nitrogens with zero attached hydrogens (tertiary/aromatic N) is 1. The lowest BCUT2D eigenvalue weighted by Gasteiger charge is -2.13. The first-order valence-electron chi connectivity index (χ1n) is 6.91. The second-order valence-electron chi connectivity index (χ2n) is 4.19. The van der Waals surface area contributed by atoms with Gasteiger partial charge in [-0.05, 0) is 26.2 Å². The van der Waals surface area contributed by atoms with Crippen molar-refractivity contribution in [2.45, 2.75) is 47.0 Å². The van der Waals surface area contributed by atoms with E-state index in [1.807, 2.05) is 6.92 Å².